The fraction of sp³-hybridized carbons (Fsp3) is 0.393. The summed E-state index contributed by atoms with van der Waals surface area (Å²) in [5.41, 5.74) is 9.00. The van der Waals surface area contributed by atoms with Crippen molar-refractivity contribution in [1.82, 2.24) is 34.6 Å². The second-order valence-electron chi connectivity index (χ2n) is 10.0. The predicted molar refractivity (Wildman–Crippen MR) is 155 cm³/mol. The molecule has 11 nitrogen and oxygen atoms in total. The van der Waals surface area contributed by atoms with Crippen LogP contribution in [-0.2, 0) is 7.05 Å². The zero-order chi connectivity index (χ0) is 28.1. The van der Waals surface area contributed by atoms with Crippen molar-refractivity contribution < 1.29 is 9.47 Å². The molecule has 0 spiro atoms. The SMILES string of the molecule is C[C@@H](CCOc1c(-c2nccc(N)n2)cnn1C)Nc1cc(Cl)ncc1-c1ccc(OC2CCN(C)CC2)cn1. The smallest absolute Gasteiger partial charge is 0.222 e. The van der Waals surface area contributed by atoms with E-state index in [2.05, 4.69) is 49.2 Å². The number of ether oxygens (including phenoxy) is 2. The Hall–Kier alpha value is -3.96. The molecule has 0 radical (unpaired) electrons. The molecule has 1 saturated heterocycles. The van der Waals surface area contributed by atoms with Crippen molar-refractivity contribution in [3.63, 3.8) is 0 Å². The number of pyridine rings is 2. The molecule has 4 aromatic rings. The van der Waals surface area contributed by atoms with Gasteiger partial charge in [-0.25, -0.2) is 19.6 Å². The molecule has 0 bridgehead atoms. The third-order valence-electron chi connectivity index (χ3n) is 6.85. The molecular weight excluding hydrogens is 530 g/mol. The second kappa shape index (κ2) is 12.5. The summed E-state index contributed by atoms with van der Waals surface area (Å²) < 4.78 is 13.9. The standard InChI is InChI=1S/C28H34ClN9O2/c1-18(9-13-39-28-22(17-34-38(28)3)27-31-10-6-26(30)36-27)35-24-14-25(29)33-16-21(24)23-5-4-20(15-32-23)40-19-7-11-37(2)12-8-19/h4-6,10,14-19H,7-9,11-13H2,1-3H3,(H,33,35)(H2,30,31,36)/t18-/m0/s1. The van der Waals surface area contributed by atoms with Crippen LogP contribution in [0.5, 0.6) is 11.6 Å². The summed E-state index contributed by atoms with van der Waals surface area (Å²) in [6.07, 6.45) is 9.77. The van der Waals surface area contributed by atoms with Crippen molar-refractivity contribution in [3.05, 3.63) is 54.2 Å². The van der Waals surface area contributed by atoms with Gasteiger partial charge in [-0.3, -0.25) is 4.98 Å². The fourth-order valence-corrected chi connectivity index (χ4v) is 4.74. The number of anilines is 2. The first kappa shape index (κ1) is 27.6. The van der Waals surface area contributed by atoms with Crippen molar-refractivity contribution in [1.29, 1.82) is 0 Å². The number of nitrogen functional groups attached to an aromatic ring is 1. The van der Waals surface area contributed by atoms with Crippen molar-refractivity contribution >= 4 is 23.1 Å². The summed E-state index contributed by atoms with van der Waals surface area (Å²) in [5, 5.41) is 8.24. The number of rotatable bonds is 10. The molecule has 4 aromatic heterocycles. The largest absolute Gasteiger partial charge is 0.489 e. The van der Waals surface area contributed by atoms with Crippen molar-refractivity contribution in [2.24, 2.45) is 7.05 Å². The lowest BCUT2D eigenvalue weighted by Crippen LogP contribution is -2.35. The summed E-state index contributed by atoms with van der Waals surface area (Å²) in [6.45, 7) is 4.62. The van der Waals surface area contributed by atoms with Gasteiger partial charge in [0.15, 0.2) is 5.82 Å². The van der Waals surface area contributed by atoms with E-state index in [1.54, 1.807) is 35.5 Å². The maximum atomic E-state index is 6.26. The van der Waals surface area contributed by atoms with Gasteiger partial charge in [-0.1, -0.05) is 11.6 Å². The third kappa shape index (κ3) is 6.78. The molecule has 1 aliphatic rings. The molecule has 210 valence electrons. The van der Waals surface area contributed by atoms with Crippen molar-refractivity contribution in [2.45, 2.75) is 38.3 Å². The third-order valence-corrected chi connectivity index (χ3v) is 7.05. The van der Waals surface area contributed by atoms with Crippen molar-refractivity contribution in [2.75, 3.05) is 37.8 Å². The van der Waals surface area contributed by atoms with E-state index in [0.29, 0.717) is 41.3 Å². The molecule has 1 atom stereocenters. The average Bonchev–Trinajstić information content (AvgIpc) is 3.31. The van der Waals surface area contributed by atoms with Crippen LogP contribution in [0.1, 0.15) is 26.2 Å². The molecule has 5 rings (SSSR count). The predicted octanol–water partition coefficient (Wildman–Crippen LogP) is 4.31. The minimum Gasteiger partial charge on any atom is -0.489 e. The molecule has 1 aliphatic heterocycles. The Bertz CT molecular complexity index is 1420. The van der Waals surface area contributed by atoms with Crippen LogP contribution in [0.2, 0.25) is 5.15 Å². The summed E-state index contributed by atoms with van der Waals surface area (Å²) in [6, 6.07) is 7.43. The zero-order valence-electron chi connectivity index (χ0n) is 22.9. The topological polar surface area (TPSA) is 129 Å². The van der Waals surface area contributed by atoms with Crippen LogP contribution in [-0.4, -0.2) is 73.5 Å². The van der Waals surface area contributed by atoms with E-state index in [0.717, 1.165) is 48.6 Å². The maximum absolute atomic E-state index is 6.26. The first-order valence-electron chi connectivity index (χ1n) is 13.3. The summed E-state index contributed by atoms with van der Waals surface area (Å²) in [5.74, 6) is 2.22. The molecule has 5 heterocycles. The van der Waals surface area contributed by atoms with E-state index in [1.165, 1.54) is 0 Å². The normalized spacial score (nSPS) is 15.1. The Morgan fingerprint density at radius 1 is 1.07 bits per heavy atom. The van der Waals surface area contributed by atoms with Gasteiger partial charge in [0.1, 0.15) is 28.4 Å². The Labute approximate surface area is 238 Å². The highest BCUT2D eigenvalue weighted by atomic mass is 35.5. The minimum absolute atomic E-state index is 0.0598. The summed E-state index contributed by atoms with van der Waals surface area (Å²) >= 11 is 6.26. The number of piperidine rings is 1. The second-order valence-corrected chi connectivity index (χ2v) is 10.4. The van der Waals surface area contributed by atoms with E-state index < -0.39 is 0 Å². The molecule has 1 fully saturated rings. The van der Waals surface area contributed by atoms with Gasteiger partial charge < -0.3 is 25.4 Å². The number of hydrogen-bond donors (Lipinski definition) is 2. The molecule has 0 saturated carbocycles. The van der Waals surface area contributed by atoms with Crippen LogP contribution in [0.4, 0.5) is 11.5 Å². The van der Waals surface area contributed by atoms with Crippen LogP contribution >= 0.6 is 11.6 Å². The Kier molecular flexibility index (Phi) is 8.61. The average molecular weight is 564 g/mol. The van der Waals surface area contributed by atoms with Crippen LogP contribution in [0.25, 0.3) is 22.6 Å². The minimum atomic E-state index is 0.0598. The highest BCUT2D eigenvalue weighted by Crippen LogP contribution is 2.31. The van der Waals surface area contributed by atoms with Gasteiger partial charge in [0.05, 0.1) is 24.7 Å². The molecule has 3 N–H and O–H groups in total. The number of likely N-dealkylation sites (tertiary alicyclic amines) is 1. The number of aryl methyl sites for hydroxylation is 1. The zero-order valence-corrected chi connectivity index (χ0v) is 23.7. The molecule has 0 amide bonds. The van der Waals surface area contributed by atoms with Gasteiger partial charge in [0, 0.05) is 56.2 Å². The van der Waals surface area contributed by atoms with E-state index in [-0.39, 0.29) is 12.1 Å². The van der Waals surface area contributed by atoms with Gasteiger partial charge in [-0.15, -0.1) is 0 Å². The van der Waals surface area contributed by atoms with Crippen LogP contribution in [0, 0.1) is 0 Å². The lowest BCUT2D eigenvalue weighted by Gasteiger charge is -2.29. The van der Waals surface area contributed by atoms with Gasteiger partial charge in [-0.2, -0.15) is 5.10 Å². The lowest BCUT2D eigenvalue weighted by atomic mass is 10.1. The molecule has 40 heavy (non-hydrogen) atoms. The Morgan fingerprint density at radius 2 is 1.90 bits per heavy atom. The van der Waals surface area contributed by atoms with E-state index in [9.17, 15) is 0 Å². The van der Waals surface area contributed by atoms with Crippen LogP contribution < -0.4 is 20.5 Å². The highest BCUT2D eigenvalue weighted by Gasteiger charge is 2.19. The van der Waals surface area contributed by atoms with E-state index >= 15 is 0 Å². The van der Waals surface area contributed by atoms with E-state index in [1.807, 2.05) is 25.2 Å². The van der Waals surface area contributed by atoms with Crippen LogP contribution in [0.3, 0.4) is 0 Å². The number of aromatic nitrogens is 6. The summed E-state index contributed by atoms with van der Waals surface area (Å²) in [4.78, 5) is 19.9. The van der Waals surface area contributed by atoms with Crippen molar-refractivity contribution in [3.8, 4) is 34.3 Å². The van der Waals surface area contributed by atoms with E-state index in [4.69, 9.17) is 26.8 Å². The van der Waals surface area contributed by atoms with Gasteiger partial charge in [-0.05, 0) is 51.1 Å². The fourth-order valence-electron chi connectivity index (χ4n) is 4.58. The quantitative estimate of drug-likeness (QED) is 0.269. The highest BCUT2D eigenvalue weighted by molar-refractivity contribution is 6.29. The number of hydrogen-bond acceptors (Lipinski definition) is 10. The Balaban J connectivity index is 1.21. The monoisotopic (exact) mass is 563 g/mol. The molecule has 0 aromatic carbocycles. The number of halogens is 1. The Morgan fingerprint density at radius 3 is 2.65 bits per heavy atom. The lowest BCUT2D eigenvalue weighted by molar-refractivity contribution is 0.114. The number of nitrogens with two attached hydrogens (primary N) is 1. The molecule has 0 aliphatic carbocycles. The van der Waals surface area contributed by atoms with Gasteiger partial charge in [0.2, 0.25) is 5.88 Å². The van der Waals surface area contributed by atoms with Crippen LogP contribution in [0.15, 0.2) is 49.1 Å². The number of nitrogens with one attached hydrogen (secondary N) is 1. The van der Waals surface area contributed by atoms with Gasteiger partial charge in [0.25, 0.3) is 0 Å². The first-order chi connectivity index (χ1) is 19.4. The number of nitrogens with zero attached hydrogens (tertiary/aromatic N) is 7. The molecule has 0 unspecified atom stereocenters. The molecular formula is C28H34ClN9O2. The molecule has 12 heteroatoms. The first-order valence-corrected chi connectivity index (χ1v) is 13.7. The maximum Gasteiger partial charge on any atom is 0.222 e. The van der Waals surface area contributed by atoms with Gasteiger partial charge >= 0.3 is 0 Å². The summed E-state index contributed by atoms with van der Waals surface area (Å²) in [7, 11) is 3.95.